The average molecular weight is 389 g/mol. The summed E-state index contributed by atoms with van der Waals surface area (Å²) in [5, 5.41) is 0. The van der Waals surface area contributed by atoms with E-state index >= 15 is 0 Å². The number of carbonyl (C=O) groups is 1. The number of hydrogen-bond donors (Lipinski definition) is 0. The Morgan fingerprint density at radius 1 is 0.962 bits per heavy atom. The Bertz CT molecular complexity index is 949. The fourth-order valence-corrected chi connectivity index (χ4v) is 4.16. The van der Waals surface area contributed by atoms with Gasteiger partial charge in [-0.25, -0.2) is 8.78 Å². The molecule has 1 heterocycles. The molecule has 0 atom stereocenters. The van der Waals surface area contributed by atoms with Crippen LogP contribution in [0.4, 0.5) is 8.78 Å². The average Bonchev–Trinajstić information content (AvgIpc) is 3.08. The minimum Gasteiger partial charge on any atom is -0.344 e. The zero-order valence-corrected chi connectivity index (χ0v) is 16.2. The fraction of sp³-hybridized carbons (Fsp3) is 0.150. The maximum absolute atomic E-state index is 13.7. The lowest BCUT2D eigenvalue weighted by Crippen LogP contribution is -2.20. The molecule has 0 radical (unpaired) electrons. The van der Waals surface area contributed by atoms with Crippen molar-refractivity contribution in [3.05, 3.63) is 65.0 Å². The quantitative estimate of drug-likeness (QED) is 0.527. The lowest BCUT2D eigenvalue weighted by Gasteiger charge is -2.07. The highest BCUT2D eigenvalue weighted by atomic mass is 32.2. The second-order valence-corrected chi connectivity index (χ2v) is 7.84. The van der Waals surface area contributed by atoms with Gasteiger partial charge in [-0.15, -0.1) is 23.1 Å². The number of benzene rings is 2. The third-order valence-electron chi connectivity index (χ3n) is 3.93. The molecule has 26 heavy (non-hydrogen) atoms. The Balaban J connectivity index is 2.16. The van der Waals surface area contributed by atoms with Crippen molar-refractivity contribution in [3.63, 3.8) is 0 Å². The molecule has 0 aliphatic rings. The van der Waals surface area contributed by atoms with Crippen LogP contribution in [0.15, 0.2) is 53.4 Å². The number of halogens is 2. The van der Waals surface area contributed by atoms with Crippen molar-refractivity contribution >= 4 is 29.0 Å². The van der Waals surface area contributed by atoms with E-state index in [1.807, 2.05) is 36.6 Å². The van der Waals surface area contributed by atoms with Crippen LogP contribution < -0.4 is 0 Å². The molecule has 0 fully saturated rings. The van der Waals surface area contributed by atoms with Crippen molar-refractivity contribution in [2.45, 2.75) is 4.90 Å². The number of hydrogen-bond acceptors (Lipinski definition) is 3. The summed E-state index contributed by atoms with van der Waals surface area (Å²) in [4.78, 5) is 16.3. The van der Waals surface area contributed by atoms with Gasteiger partial charge in [0.15, 0.2) is 11.6 Å². The standard InChI is InChI=1S/C20H17F2NOS2/c1-23(2)20(24)18-11-15(12-4-7-14(25-3)8-5-12)19(26-18)13-6-9-16(21)17(22)10-13/h4-11H,1-3H3. The van der Waals surface area contributed by atoms with Crippen molar-refractivity contribution in [2.75, 3.05) is 20.4 Å². The Kier molecular flexibility index (Phi) is 5.44. The molecule has 0 bridgehead atoms. The first-order chi connectivity index (χ1) is 12.4. The summed E-state index contributed by atoms with van der Waals surface area (Å²) in [6.45, 7) is 0. The minimum absolute atomic E-state index is 0.120. The van der Waals surface area contributed by atoms with Gasteiger partial charge in [-0.3, -0.25) is 4.79 Å². The highest BCUT2D eigenvalue weighted by Gasteiger charge is 2.19. The van der Waals surface area contributed by atoms with Gasteiger partial charge in [0.2, 0.25) is 0 Å². The van der Waals surface area contributed by atoms with Gasteiger partial charge in [0.25, 0.3) is 5.91 Å². The van der Waals surface area contributed by atoms with Crippen molar-refractivity contribution in [1.82, 2.24) is 4.90 Å². The molecule has 0 saturated carbocycles. The van der Waals surface area contributed by atoms with Crippen LogP contribution in [0.3, 0.4) is 0 Å². The minimum atomic E-state index is -0.903. The van der Waals surface area contributed by atoms with E-state index in [1.54, 1.807) is 25.9 Å². The lowest BCUT2D eigenvalue weighted by molar-refractivity contribution is 0.0832. The smallest absolute Gasteiger partial charge is 0.263 e. The summed E-state index contributed by atoms with van der Waals surface area (Å²) >= 11 is 2.92. The largest absolute Gasteiger partial charge is 0.344 e. The van der Waals surface area contributed by atoms with E-state index in [2.05, 4.69) is 0 Å². The summed E-state index contributed by atoms with van der Waals surface area (Å²) < 4.78 is 27.1. The molecule has 3 rings (SSSR count). The van der Waals surface area contributed by atoms with E-state index in [-0.39, 0.29) is 5.91 Å². The van der Waals surface area contributed by atoms with Crippen LogP contribution >= 0.6 is 23.1 Å². The highest BCUT2D eigenvalue weighted by Crippen LogP contribution is 2.40. The predicted molar refractivity (Wildman–Crippen MR) is 105 cm³/mol. The molecule has 3 aromatic rings. The zero-order chi connectivity index (χ0) is 18.8. The summed E-state index contributed by atoms with van der Waals surface area (Å²) in [6, 6.07) is 13.6. The van der Waals surface area contributed by atoms with Crippen LogP contribution in [0.1, 0.15) is 9.67 Å². The van der Waals surface area contributed by atoms with Gasteiger partial charge in [0.1, 0.15) is 0 Å². The number of rotatable bonds is 4. The van der Waals surface area contributed by atoms with Crippen LogP contribution in [0.5, 0.6) is 0 Å². The van der Waals surface area contributed by atoms with Gasteiger partial charge in [-0.1, -0.05) is 18.2 Å². The second-order valence-electron chi connectivity index (χ2n) is 5.91. The van der Waals surface area contributed by atoms with E-state index in [1.165, 1.54) is 28.4 Å². The van der Waals surface area contributed by atoms with Gasteiger partial charge in [-0.2, -0.15) is 0 Å². The first-order valence-electron chi connectivity index (χ1n) is 7.86. The lowest BCUT2D eigenvalue weighted by atomic mass is 10.0. The SMILES string of the molecule is CSc1ccc(-c2cc(C(=O)N(C)C)sc2-c2ccc(F)c(F)c2)cc1. The third-order valence-corrected chi connectivity index (χ3v) is 5.85. The third kappa shape index (κ3) is 3.66. The molecule has 1 amide bonds. The summed E-state index contributed by atoms with van der Waals surface area (Å²) in [5.74, 6) is -1.91. The van der Waals surface area contributed by atoms with Gasteiger partial charge in [0, 0.05) is 29.4 Å². The van der Waals surface area contributed by atoms with Crippen molar-refractivity contribution in [2.24, 2.45) is 0 Å². The number of thiophene rings is 1. The Hall–Kier alpha value is -2.18. The Morgan fingerprint density at radius 3 is 2.19 bits per heavy atom. The Labute approximate surface area is 159 Å². The molecule has 2 nitrogen and oxygen atoms in total. The van der Waals surface area contributed by atoms with Gasteiger partial charge in [0.05, 0.1) is 4.88 Å². The highest BCUT2D eigenvalue weighted by molar-refractivity contribution is 7.98. The summed E-state index contributed by atoms with van der Waals surface area (Å²) in [5.41, 5.74) is 2.31. The first kappa shape index (κ1) is 18.6. The van der Waals surface area contributed by atoms with Crippen LogP contribution in [0.2, 0.25) is 0 Å². The maximum atomic E-state index is 13.7. The first-order valence-corrected chi connectivity index (χ1v) is 9.90. The zero-order valence-electron chi connectivity index (χ0n) is 14.5. The molecule has 0 saturated heterocycles. The van der Waals surface area contributed by atoms with Crippen LogP contribution in [-0.4, -0.2) is 31.2 Å². The number of nitrogens with zero attached hydrogens (tertiary/aromatic N) is 1. The van der Waals surface area contributed by atoms with E-state index < -0.39 is 11.6 Å². The molecule has 2 aromatic carbocycles. The molecule has 0 unspecified atom stereocenters. The molecular weight excluding hydrogens is 372 g/mol. The number of amides is 1. The number of thioether (sulfide) groups is 1. The second kappa shape index (κ2) is 7.60. The molecule has 0 aliphatic heterocycles. The van der Waals surface area contributed by atoms with Gasteiger partial charge < -0.3 is 4.90 Å². The normalized spacial score (nSPS) is 10.8. The van der Waals surface area contributed by atoms with Crippen molar-refractivity contribution in [1.29, 1.82) is 0 Å². The van der Waals surface area contributed by atoms with Crippen LogP contribution in [0.25, 0.3) is 21.6 Å². The maximum Gasteiger partial charge on any atom is 0.263 e. The van der Waals surface area contributed by atoms with Crippen molar-refractivity contribution < 1.29 is 13.6 Å². The van der Waals surface area contributed by atoms with Crippen LogP contribution in [-0.2, 0) is 0 Å². The molecule has 0 aliphatic carbocycles. The van der Waals surface area contributed by atoms with Gasteiger partial charge in [-0.05, 0) is 47.7 Å². The van der Waals surface area contributed by atoms with E-state index in [0.717, 1.165) is 27.0 Å². The number of carbonyl (C=O) groups excluding carboxylic acids is 1. The predicted octanol–water partition coefficient (Wildman–Crippen LogP) is 5.78. The van der Waals surface area contributed by atoms with Crippen molar-refractivity contribution in [3.8, 4) is 21.6 Å². The fourth-order valence-electron chi connectivity index (χ4n) is 2.55. The molecule has 6 heteroatoms. The topological polar surface area (TPSA) is 20.3 Å². The van der Waals surface area contributed by atoms with Crippen LogP contribution in [0, 0.1) is 11.6 Å². The molecule has 0 spiro atoms. The Morgan fingerprint density at radius 2 is 1.62 bits per heavy atom. The molecule has 0 N–H and O–H groups in total. The molecule has 134 valence electrons. The molecule has 1 aromatic heterocycles. The van der Waals surface area contributed by atoms with E-state index in [0.29, 0.717) is 10.4 Å². The monoisotopic (exact) mass is 389 g/mol. The van der Waals surface area contributed by atoms with Gasteiger partial charge >= 0.3 is 0 Å². The van der Waals surface area contributed by atoms with E-state index in [4.69, 9.17) is 0 Å². The summed E-state index contributed by atoms with van der Waals surface area (Å²) in [7, 11) is 3.37. The molecular formula is C20H17F2NOS2. The van der Waals surface area contributed by atoms with E-state index in [9.17, 15) is 13.6 Å². The summed E-state index contributed by atoms with van der Waals surface area (Å²) in [6.07, 6.45) is 2.00.